The summed E-state index contributed by atoms with van der Waals surface area (Å²) in [4.78, 5) is 183. The average molecular weight is 1360 g/mol. The van der Waals surface area contributed by atoms with Crippen molar-refractivity contribution in [3.05, 3.63) is 12.2 Å². The van der Waals surface area contributed by atoms with Gasteiger partial charge in [0.2, 0.25) is 65.0 Å². The molecule has 0 unspecified atom stereocenters. The van der Waals surface area contributed by atoms with Gasteiger partial charge in [-0.15, -0.1) is 0 Å². The van der Waals surface area contributed by atoms with Crippen LogP contribution in [-0.4, -0.2) is 258 Å². The molecule has 96 heavy (non-hydrogen) atoms. The summed E-state index contributed by atoms with van der Waals surface area (Å²) < 4.78 is 11.5. The van der Waals surface area contributed by atoms with E-state index in [1.165, 1.54) is 82.8 Å². The highest BCUT2D eigenvalue weighted by Gasteiger charge is 2.46. The van der Waals surface area contributed by atoms with Crippen molar-refractivity contribution >= 4 is 70.9 Å². The molecule has 1 aliphatic heterocycles. The van der Waals surface area contributed by atoms with Crippen molar-refractivity contribution < 1.29 is 72.1 Å². The molecule has 0 aromatic carbocycles. The third-order valence-electron chi connectivity index (χ3n) is 17.9. The molecule has 11 amide bonds. The molecule has 14 atom stereocenters. The number of nitrogens with one attached hydrogen (secondary N) is 4. The number of nitrogens with zero attached hydrogens (tertiary/aromatic N) is 7. The van der Waals surface area contributed by atoms with E-state index < -0.39 is 174 Å². The Labute approximate surface area is 573 Å². The average Bonchev–Trinajstić information content (AvgIpc) is 0.807. The molecule has 1 saturated heterocycles. The van der Waals surface area contributed by atoms with Crippen LogP contribution in [0.1, 0.15) is 170 Å². The van der Waals surface area contributed by atoms with E-state index in [9.17, 15) is 48.3 Å². The number of hydrogen-bond donors (Lipinski definition) is 6. The molecule has 27 heteroatoms. The molecule has 0 saturated carbocycles. The van der Waals surface area contributed by atoms with Crippen molar-refractivity contribution in [3.8, 4) is 0 Å². The maximum Gasteiger partial charge on any atom is 0.323 e. The summed E-state index contributed by atoms with van der Waals surface area (Å²) in [6.45, 7) is 30.4. The lowest BCUT2D eigenvalue weighted by molar-refractivity contribution is -0.157. The summed E-state index contributed by atoms with van der Waals surface area (Å²) in [5, 5.41) is 23.1. The van der Waals surface area contributed by atoms with Crippen molar-refractivity contribution in [3.63, 3.8) is 0 Å². The second-order valence-corrected chi connectivity index (χ2v) is 28.6. The highest BCUT2D eigenvalue weighted by molar-refractivity contribution is 5.99. The fourth-order valence-corrected chi connectivity index (χ4v) is 11.6. The molecule has 1 fully saturated rings. The molecule has 0 aliphatic carbocycles. The first-order valence-corrected chi connectivity index (χ1v) is 34.3. The first-order valence-electron chi connectivity index (χ1n) is 34.3. The molecule has 0 radical (unpaired) electrons. The molecule has 1 heterocycles. The van der Waals surface area contributed by atoms with Crippen LogP contribution < -0.4 is 27.0 Å². The van der Waals surface area contributed by atoms with Crippen LogP contribution in [0.15, 0.2) is 12.2 Å². The minimum Gasteiger partial charge on any atom is -0.465 e. The van der Waals surface area contributed by atoms with Crippen molar-refractivity contribution in [2.24, 2.45) is 47.2 Å². The molecule has 0 bridgehead atoms. The van der Waals surface area contributed by atoms with E-state index in [1.807, 2.05) is 41.5 Å². The van der Waals surface area contributed by atoms with Gasteiger partial charge in [0.05, 0.1) is 25.4 Å². The molecular weight excluding hydrogens is 1240 g/mol. The summed E-state index contributed by atoms with van der Waals surface area (Å²) in [5.41, 5.74) is 5.95. The first kappa shape index (κ1) is 87.3. The van der Waals surface area contributed by atoms with Crippen molar-refractivity contribution in [2.45, 2.75) is 248 Å². The maximum absolute atomic E-state index is 15.2. The molecular formula is C69H124N12O15. The van der Waals surface area contributed by atoms with Crippen molar-refractivity contribution in [1.82, 2.24) is 55.6 Å². The van der Waals surface area contributed by atoms with Gasteiger partial charge in [-0.2, -0.15) is 0 Å². The zero-order valence-corrected chi connectivity index (χ0v) is 62.6. The van der Waals surface area contributed by atoms with Gasteiger partial charge in [0.15, 0.2) is 0 Å². The predicted octanol–water partition coefficient (Wildman–Crippen LogP) is 2.93. The minimum atomic E-state index is -1.66. The molecule has 27 nitrogen and oxygen atoms in total. The summed E-state index contributed by atoms with van der Waals surface area (Å²) in [5.74, 6) is -11.2. The number of carbonyl (C=O) groups excluding carboxylic acids is 12. The molecule has 0 aromatic rings. The topological polar surface area (TPSA) is 340 Å². The van der Waals surface area contributed by atoms with Gasteiger partial charge in [0, 0.05) is 55.9 Å². The number of aliphatic hydroxyl groups is 1. The summed E-state index contributed by atoms with van der Waals surface area (Å²) in [6.07, 6.45) is 2.25. The summed E-state index contributed by atoms with van der Waals surface area (Å²) in [7, 11) is 9.69. The lowest BCUT2D eigenvalue weighted by atomic mass is 9.91. The van der Waals surface area contributed by atoms with Crippen LogP contribution in [0.5, 0.6) is 0 Å². The van der Waals surface area contributed by atoms with Gasteiger partial charge in [0.25, 0.3) is 0 Å². The smallest absolute Gasteiger partial charge is 0.323 e. The quantitative estimate of drug-likeness (QED) is 0.0516. The van der Waals surface area contributed by atoms with Crippen LogP contribution in [-0.2, 0) is 67.0 Å². The van der Waals surface area contributed by atoms with Gasteiger partial charge in [-0.3, -0.25) is 57.5 Å². The van der Waals surface area contributed by atoms with Gasteiger partial charge in [-0.25, -0.2) is 0 Å². The maximum atomic E-state index is 15.2. The van der Waals surface area contributed by atoms with Gasteiger partial charge in [-0.1, -0.05) is 109 Å². The Hall–Kier alpha value is -6.74. The van der Waals surface area contributed by atoms with Gasteiger partial charge in [-0.05, 0) is 114 Å². The zero-order valence-electron chi connectivity index (χ0n) is 62.6. The van der Waals surface area contributed by atoms with Crippen LogP contribution in [0.4, 0.5) is 0 Å². The number of nitrogens with two attached hydrogens (primary N) is 1. The monoisotopic (exact) mass is 1360 g/mol. The molecule has 0 spiro atoms. The molecule has 1 rings (SSSR count). The van der Waals surface area contributed by atoms with Gasteiger partial charge in [0.1, 0.15) is 66.5 Å². The van der Waals surface area contributed by atoms with Crippen LogP contribution in [0.25, 0.3) is 0 Å². The summed E-state index contributed by atoms with van der Waals surface area (Å²) in [6, 6.07) is -14.0. The Bertz CT molecular complexity index is 2640. The predicted molar refractivity (Wildman–Crippen MR) is 367 cm³/mol. The van der Waals surface area contributed by atoms with Crippen LogP contribution in [0.2, 0.25) is 0 Å². The Kier molecular flexibility index (Phi) is 37.1. The third-order valence-corrected chi connectivity index (χ3v) is 17.9. The summed E-state index contributed by atoms with van der Waals surface area (Å²) >= 11 is 0. The fourth-order valence-electron chi connectivity index (χ4n) is 11.6. The standard InChI is InChI=1S/C69H124N12O15/c1-26-28-31-44(15)58(83)57-62(87)73-48(27-2)64(89)75(19)37-52(82)79(23)56(47(18)95-32-29-30-33-96-69(94)53(70)41(9)10)61(86)74-54(42(11)12)67(92)76(20)49(34-38(3)4)60(85)71-45(16)59(84)72-46(17)63(88)77(21)50(35-39(5)6)65(90)78(22)51(36-40(7)8)66(91)80(24)55(43(13)14)68(93)81(57)25/h26,28,38-51,53-58,83H,27,29-37,70H2,1-25H3,(H,71,85)(H,72,84)(H,73,87)(H,74,86)/b28-26+/t44-,45+,46-,47-,48+,49+,50+,51+,53+,54+,55+,56+,57+,58-/m1/s1. The highest BCUT2D eigenvalue weighted by atomic mass is 16.5. The molecule has 0 aromatic heterocycles. The molecule has 1 aliphatic rings. The molecule has 550 valence electrons. The number of esters is 1. The number of rotatable bonds is 22. The zero-order chi connectivity index (χ0) is 74.2. The Morgan fingerprint density at radius 1 is 0.542 bits per heavy atom. The van der Waals surface area contributed by atoms with E-state index in [2.05, 4.69) is 21.3 Å². The number of amides is 11. The third kappa shape index (κ3) is 25.3. The second-order valence-electron chi connectivity index (χ2n) is 28.6. The van der Waals surface area contributed by atoms with E-state index in [1.54, 1.807) is 81.4 Å². The van der Waals surface area contributed by atoms with Crippen molar-refractivity contribution in [2.75, 3.05) is 69.1 Å². The van der Waals surface area contributed by atoms with Crippen LogP contribution >= 0.6 is 0 Å². The SMILES string of the molecule is C/C=C/C[C@@H](C)[C@@H](O)[C@H]1C(=O)N[C@@H](CC)C(=O)N(C)CC(=O)N(C)[C@@H]([C@@H](C)OCCCCOC(=O)[C@@H](N)C(C)C)C(=O)N[C@@H](C(C)C)C(=O)N(C)[C@@H](CC(C)C)C(=O)N[C@@H](C)C(=O)N[C@H](C)C(=O)N(C)[C@@H](CC(C)C)C(=O)N(C)[C@@H](CC(C)C)C(=O)N(C)[C@@H](C(C)C)C(=O)N1C. The van der Waals surface area contributed by atoms with E-state index in [-0.39, 0.29) is 69.0 Å². The van der Waals surface area contributed by atoms with Gasteiger partial charge >= 0.3 is 5.97 Å². The number of unbranched alkanes of at least 4 members (excludes halogenated alkanes) is 1. The highest BCUT2D eigenvalue weighted by Crippen LogP contribution is 2.26. The lowest BCUT2D eigenvalue weighted by Crippen LogP contribution is -2.63. The normalized spacial score (nSPS) is 25.8. The number of likely N-dealkylation sites (N-methyl/N-ethyl adjacent to an activating group) is 7. The number of ether oxygens (including phenoxy) is 2. The fraction of sp³-hybridized carbons (Fsp3) is 0.797. The van der Waals surface area contributed by atoms with Crippen LogP contribution in [0, 0.1) is 41.4 Å². The van der Waals surface area contributed by atoms with Crippen LogP contribution in [0.3, 0.4) is 0 Å². The number of carbonyl (C=O) groups is 12. The Morgan fingerprint density at radius 2 is 1.01 bits per heavy atom. The Balaban J connectivity index is 4.36. The minimum absolute atomic E-state index is 0.0225. The number of hydrogen-bond acceptors (Lipinski definition) is 16. The molecule has 7 N–H and O–H groups in total. The van der Waals surface area contributed by atoms with Crippen molar-refractivity contribution in [1.29, 1.82) is 0 Å². The number of allylic oxidation sites excluding steroid dienone is 2. The largest absolute Gasteiger partial charge is 0.465 e. The second kappa shape index (κ2) is 40.9. The van der Waals surface area contributed by atoms with E-state index in [0.29, 0.717) is 12.8 Å². The van der Waals surface area contributed by atoms with E-state index in [4.69, 9.17) is 15.2 Å². The van der Waals surface area contributed by atoms with E-state index in [0.717, 1.165) is 14.7 Å². The number of aliphatic hydroxyl groups excluding tert-OH is 1. The first-order chi connectivity index (χ1) is 44.4. The Morgan fingerprint density at radius 3 is 1.50 bits per heavy atom. The van der Waals surface area contributed by atoms with Gasteiger partial charge < -0.3 is 75.9 Å². The lowest BCUT2D eigenvalue weighted by Gasteiger charge is -2.41. The van der Waals surface area contributed by atoms with E-state index >= 15 is 14.4 Å².